The second-order valence-corrected chi connectivity index (χ2v) is 5.50. The van der Waals surface area contributed by atoms with Crippen molar-refractivity contribution in [3.63, 3.8) is 0 Å². The third-order valence-electron chi connectivity index (χ3n) is 4.00. The summed E-state index contributed by atoms with van der Waals surface area (Å²) >= 11 is 0. The Balaban J connectivity index is 2.14. The Morgan fingerprint density at radius 1 is 1.20 bits per heavy atom. The number of carbonyl (C=O) groups is 1. The number of aliphatic imine (C=N–C) groups is 1. The van der Waals surface area contributed by atoms with Gasteiger partial charge in [-0.2, -0.15) is 4.99 Å². The molecule has 0 aliphatic carbocycles. The third kappa shape index (κ3) is 3.21. The van der Waals surface area contributed by atoms with Crippen LogP contribution in [0.25, 0.3) is 0 Å². The van der Waals surface area contributed by atoms with E-state index >= 15 is 0 Å². The second-order valence-electron chi connectivity index (χ2n) is 5.50. The molecule has 1 aliphatic rings. The van der Waals surface area contributed by atoms with Gasteiger partial charge in [0.2, 0.25) is 0 Å². The first kappa shape index (κ1) is 17.0. The van der Waals surface area contributed by atoms with Crippen molar-refractivity contribution >= 4 is 23.4 Å². The smallest absolute Gasteiger partial charge is 0.337 e. The molecule has 0 fully saturated rings. The van der Waals surface area contributed by atoms with Gasteiger partial charge in [0, 0.05) is 11.3 Å². The van der Waals surface area contributed by atoms with Gasteiger partial charge in [-0.1, -0.05) is 36.4 Å². The Kier molecular flexibility index (Phi) is 5.00. The molecule has 25 heavy (non-hydrogen) atoms. The van der Waals surface area contributed by atoms with Crippen molar-refractivity contribution in [2.75, 3.05) is 18.6 Å². The van der Waals surface area contributed by atoms with E-state index in [0.29, 0.717) is 11.7 Å². The first-order valence-electron chi connectivity index (χ1n) is 8.08. The molecule has 2 aromatic rings. The van der Waals surface area contributed by atoms with Gasteiger partial charge in [-0.3, -0.25) is 4.90 Å². The van der Waals surface area contributed by atoms with Gasteiger partial charge in [0.15, 0.2) is 6.10 Å². The maximum absolute atomic E-state index is 12.2. The quantitative estimate of drug-likeness (QED) is 0.867. The van der Waals surface area contributed by atoms with Crippen LogP contribution in [0.4, 0.5) is 11.4 Å². The van der Waals surface area contributed by atoms with Crippen molar-refractivity contribution < 1.29 is 19.4 Å². The van der Waals surface area contributed by atoms with Crippen molar-refractivity contribution in [2.45, 2.75) is 19.1 Å². The number of hydrogen-bond donors (Lipinski definition) is 1. The molecular formula is C19H20N2O4. The average molecular weight is 340 g/mol. The number of para-hydroxylation sites is 2. The molecule has 6 heteroatoms. The van der Waals surface area contributed by atoms with Crippen LogP contribution in [0.1, 0.15) is 18.5 Å². The highest BCUT2D eigenvalue weighted by Crippen LogP contribution is 2.40. The number of amidine groups is 1. The van der Waals surface area contributed by atoms with Gasteiger partial charge in [-0.25, -0.2) is 4.79 Å². The number of hydrogen-bond acceptors (Lipinski definition) is 6. The lowest BCUT2D eigenvalue weighted by atomic mass is 9.96. The molecule has 2 aromatic carbocycles. The molecule has 0 aromatic heterocycles. The molecule has 1 aliphatic heterocycles. The summed E-state index contributed by atoms with van der Waals surface area (Å²) in [6, 6.07) is 16.3. The van der Waals surface area contributed by atoms with E-state index in [4.69, 9.17) is 9.47 Å². The predicted octanol–water partition coefficient (Wildman–Crippen LogP) is 2.81. The van der Waals surface area contributed by atoms with Gasteiger partial charge in [0.25, 0.3) is 6.02 Å². The van der Waals surface area contributed by atoms with Gasteiger partial charge >= 0.3 is 5.97 Å². The summed E-state index contributed by atoms with van der Waals surface area (Å²) in [4.78, 5) is 18.5. The van der Waals surface area contributed by atoms with Crippen molar-refractivity contribution in [2.24, 2.45) is 4.99 Å². The first-order chi connectivity index (χ1) is 12.2. The molecule has 1 N–H and O–H groups in total. The number of ether oxygens (including phenoxy) is 2. The van der Waals surface area contributed by atoms with E-state index in [0.717, 1.165) is 11.3 Å². The van der Waals surface area contributed by atoms with Crippen molar-refractivity contribution in [3.8, 4) is 0 Å². The molecule has 0 bridgehead atoms. The van der Waals surface area contributed by atoms with Crippen molar-refractivity contribution in [3.05, 3.63) is 60.2 Å². The Morgan fingerprint density at radius 3 is 2.56 bits per heavy atom. The molecule has 0 radical (unpaired) electrons. The van der Waals surface area contributed by atoms with E-state index in [1.54, 1.807) is 11.8 Å². The fraction of sp³-hybridized carbons (Fsp3) is 0.263. The van der Waals surface area contributed by atoms with Gasteiger partial charge in [0.05, 0.1) is 19.4 Å². The zero-order valence-corrected chi connectivity index (χ0v) is 14.1. The molecule has 2 atom stereocenters. The molecule has 1 heterocycles. The second kappa shape index (κ2) is 7.36. The average Bonchev–Trinajstić information content (AvgIpc) is 2.66. The number of fused-ring (bicyclic) bond motifs is 1. The summed E-state index contributed by atoms with van der Waals surface area (Å²) in [6.45, 7) is 1.90. The van der Waals surface area contributed by atoms with Crippen LogP contribution in [0.3, 0.4) is 0 Å². The topological polar surface area (TPSA) is 71.4 Å². The minimum absolute atomic E-state index is 0.195. The van der Waals surface area contributed by atoms with E-state index < -0.39 is 18.1 Å². The lowest BCUT2D eigenvalue weighted by Gasteiger charge is -2.38. The van der Waals surface area contributed by atoms with Gasteiger partial charge in [-0.05, 0) is 25.1 Å². The zero-order chi connectivity index (χ0) is 17.8. The molecular weight excluding hydrogens is 320 g/mol. The number of benzene rings is 2. The SMILES string of the molecule is CCOC(=O)[C@H](O)[C@@H]1c2ccccc2N=C(OC)N1c1ccccc1. The Labute approximate surface area is 146 Å². The van der Waals surface area contributed by atoms with Gasteiger partial charge < -0.3 is 14.6 Å². The number of aliphatic hydroxyl groups is 1. The highest BCUT2D eigenvalue weighted by Gasteiger charge is 2.40. The van der Waals surface area contributed by atoms with Crippen LogP contribution in [0, 0.1) is 0 Å². The largest absolute Gasteiger partial charge is 0.468 e. The summed E-state index contributed by atoms with van der Waals surface area (Å²) in [5.41, 5.74) is 2.14. The monoisotopic (exact) mass is 340 g/mol. The highest BCUT2D eigenvalue weighted by atomic mass is 16.5. The number of anilines is 1. The van der Waals surface area contributed by atoms with Crippen LogP contribution in [-0.2, 0) is 14.3 Å². The molecule has 0 saturated heterocycles. The Morgan fingerprint density at radius 2 is 1.88 bits per heavy atom. The molecule has 0 spiro atoms. The van der Waals surface area contributed by atoms with Crippen LogP contribution in [0.5, 0.6) is 0 Å². The van der Waals surface area contributed by atoms with E-state index in [1.807, 2.05) is 54.6 Å². The molecule has 0 unspecified atom stereocenters. The zero-order valence-electron chi connectivity index (χ0n) is 14.1. The van der Waals surface area contributed by atoms with Crippen LogP contribution in [-0.4, -0.2) is 36.9 Å². The van der Waals surface area contributed by atoms with E-state index in [2.05, 4.69) is 4.99 Å². The highest BCUT2D eigenvalue weighted by molar-refractivity contribution is 5.98. The van der Waals surface area contributed by atoms with Crippen LogP contribution in [0.2, 0.25) is 0 Å². The maximum atomic E-state index is 12.2. The maximum Gasteiger partial charge on any atom is 0.337 e. The minimum atomic E-state index is -1.39. The number of methoxy groups -OCH3 is 1. The predicted molar refractivity (Wildman–Crippen MR) is 94.8 cm³/mol. The number of nitrogens with zero attached hydrogens (tertiary/aromatic N) is 2. The molecule has 6 nitrogen and oxygen atoms in total. The molecule has 0 amide bonds. The first-order valence-corrected chi connectivity index (χ1v) is 8.08. The number of aliphatic hydroxyl groups excluding tert-OH is 1. The standard InChI is InChI=1S/C19H20N2O4/c1-3-25-18(23)17(22)16-14-11-7-8-12-15(14)20-19(24-2)21(16)13-9-5-4-6-10-13/h4-12,16-17,22H,3H2,1-2H3/t16-,17+/m0/s1. The summed E-state index contributed by atoms with van der Waals surface area (Å²) in [7, 11) is 1.51. The Hall–Kier alpha value is -2.86. The number of esters is 1. The summed E-state index contributed by atoms with van der Waals surface area (Å²) in [5.74, 6) is -0.680. The minimum Gasteiger partial charge on any atom is -0.468 e. The normalized spacial score (nSPS) is 17.3. The molecule has 0 saturated carbocycles. The number of rotatable bonds is 4. The van der Waals surface area contributed by atoms with Crippen LogP contribution >= 0.6 is 0 Å². The number of carbonyl (C=O) groups excluding carboxylic acids is 1. The fourth-order valence-corrected chi connectivity index (χ4v) is 2.93. The Bertz CT molecular complexity index is 776. The van der Waals surface area contributed by atoms with Crippen molar-refractivity contribution in [1.29, 1.82) is 0 Å². The lowest BCUT2D eigenvalue weighted by Crippen LogP contribution is -2.46. The van der Waals surface area contributed by atoms with Gasteiger partial charge in [-0.15, -0.1) is 0 Å². The molecule has 3 rings (SSSR count). The molecule has 130 valence electrons. The van der Waals surface area contributed by atoms with E-state index in [9.17, 15) is 9.90 Å². The van der Waals surface area contributed by atoms with E-state index in [-0.39, 0.29) is 6.61 Å². The summed E-state index contributed by atoms with van der Waals surface area (Å²) < 4.78 is 10.5. The fourth-order valence-electron chi connectivity index (χ4n) is 2.93. The lowest BCUT2D eigenvalue weighted by molar-refractivity contribution is -0.154. The third-order valence-corrected chi connectivity index (χ3v) is 4.00. The van der Waals surface area contributed by atoms with E-state index in [1.165, 1.54) is 7.11 Å². The van der Waals surface area contributed by atoms with Crippen molar-refractivity contribution in [1.82, 2.24) is 0 Å². The van der Waals surface area contributed by atoms with Crippen LogP contribution in [0.15, 0.2) is 59.6 Å². The van der Waals surface area contributed by atoms with Gasteiger partial charge in [0.1, 0.15) is 6.04 Å². The summed E-state index contributed by atoms with van der Waals surface area (Å²) in [5, 5.41) is 10.7. The summed E-state index contributed by atoms with van der Waals surface area (Å²) in [6.07, 6.45) is -1.39. The van der Waals surface area contributed by atoms with Crippen LogP contribution < -0.4 is 4.90 Å².